The lowest BCUT2D eigenvalue weighted by atomic mass is 10.0. The predicted molar refractivity (Wildman–Crippen MR) is 279 cm³/mol. The van der Waals surface area contributed by atoms with Crippen LogP contribution in [-0.2, 0) is 28.6 Å². The van der Waals surface area contributed by atoms with E-state index in [1.165, 1.54) is 122 Å². The molecule has 0 aromatic heterocycles. The van der Waals surface area contributed by atoms with Crippen LogP contribution in [0.3, 0.4) is 0 Å². The van der Waals surface area contributed by atoms with Crippen LogP contribution in [0.15, 0.2) is 72.9 Å². The summed E-state index contributed by atoms with van der Waals surface area (Å²) in [5.74, 6) is -0.889. The highest BCUT2D eigenvalue weighted by molar-refractivity contribution is 5.71. The molecule has 0 saturated carbocycles. The third-order valence-electron chi connectivity index (χ3n) is 11.7. The van der Waals surface area contributed by atoms with Gasteiger partial charge in [0.1, 0.15) is 13.2 Å². The summed E-state index contributed by atoms with van der Waals surface area (Å²) >= 11 is 0. The van der Waals surface area contributed by atoms with Crippen LogP contribution in [0.2, 0.25) is 0 Å². The molecular formula is C59H102O6. The lowest BCUT2D eigenvalue weighted by Gasteiger charge is -2.18. The summed E-state index contributed by atoms with van der Waals surface area (Å²) < 4.78 is 16.8. The first kappa shape index (κ1) is 61.9. The molecule has 0 aliphatic rings. The van der Waals surface area contributed by atoms with Crippen LogP contribution in [0, 0.1) is 0 Å². The van der Waals surface area contributed by atoms with Gasteiger partial charge in [0.2, 0.25) is 0 Å². The number of ether oxygens (including phenoxy) is 3. The van der Waals surface area contributed by atoms with Crippen molar-refractivity contribution >= 4 is 17.9 Å². The Hall–Kier alpha value is -3.15. The molecule has 0 aliphatic heterocycles. The van der Waals surface area contributed by atoms with E-state index in [0.29, 0.717) is 19.3 Å². The second-order valence-corrected chi connectivity index (χ2v) is 18.1. The Morgan fingerprint density at radius 2 is 0.600 bits per heavy atom. The van der Waals surface area contributed by atoms with Crippen molar-refractivity contribution in [3.8, 4) is 0 Å². The van der Waals surface area contributed by atoms with Gasteiger partial charge in [0.05, 0.1) is 0 Å². The lowest BCUT2D eigenvalue weighted by Crippen LogP contribution is -2.30. The third-order valence-corrected chi connectivity index (χ3v) is 11.7. The summed E-state index contributed by atoms with van der Waals surface area (Å²) in [7, 11) is 0. The maximum absolute atomic E-state index is 12.8. The molecule has 0 aromatic carbocycles. The van der Waals surface area contributed by atoms with Gasteiger partial charge >= 0.3 is 17.9 Å². The fraction of sp³-hybridized carbons (Fsp3) is 0.746. The molecule has 0 aromatic rings. The van der Waals surface area contributed by atoms with E-state index in [-0.39, 0.29) is 31.1 Å². The van der Waals surface area contributed by atoms with Gasteiger partial charge in [0, 0.05) is 19.3 Å². The monoisotopic (exact) mass is 907 g/mol. The highest BCUT2D eigenvalue weighted by Crippen LogP contribution is 2.15. The highest BCUT2D eigenvalue weighted by atomic mass is 16.6. The Labute approximate surface area is 402 Å². The summed E-state index contributed by atoms with van der Waals surface area (Å²) in [5.41, 5.74) is 0. The van der Waals surface area contributed by atoms with Crippen LogP contribution < -0.4 is 0 Å². The highest BCUT2D eigenvalue weighted by Gasteiger charge is 2.19. The van der Waals surface area contributed by atoms with Crippen molar-refractivity contribution in [3.05, 3.63) is 72.9 Å². The molecule has 0 saturated heterocycles. The molecule has 0 aliphatic carbocycles. The minimum Gasteiger partial charge on any atom is -0.462 e. The molecule has 0 amide bonds. The number of hydrogen-bond donors (Lipinski definition) is 0. The second-order valence-electron chi connectivity index (χ2n) is 18.1. The zero-order valence-electron chi connectivity index (χ0n) is 42.7. The van der Waals surface area contributed by atoms with Gasteiger partial charge in [-0.3, -0.25) is 14.4 Å². The standard InChI is InChI=1S/C59H102O6/c1-4-7-10-13-16-19-21-23-24-25-26-27-28-29-30-31-32-33-34-36-37-40-43-46-49-52-58(61)64-55-56(54-63-57(60)51-48-45-42-39-18-15-12-9-6-3)65-59(62)53-50-47-44-41-38-35-22-20-17-14-11-8-5-2/h7,10,16,19,23-24,26-27,29-30,32-33,56H,4-6,8-9,11-15,17-18,20-22,25,28,31,34-55H2,1-3H3/b10-7-,19-16-,24-23-,27-26-,30-29-,33-32-. The maximum Gasteiger partial charge on any atom is 0.306 e. The van der Waals surface area contributed by atoms with E-state index in [4.69, 9.17) is 14.2 Å². The van der Waals surface area contributed by atoms with Gasteiger partial charge in [-0.15, -0.1) is 0 Å². The van der Waals surface area contributed by atoms with E-state index in [1.54, 1.807) is 0 Å². The summed E-state index contributed by atoms with van der Waals surface area (Å²) in [5, 5.41) is 0. The number of carbonyl (C=O) groups is 3. The molecule has 65 heavy (non-hydrogen) atoms. The molecule has 6 nitrogen and oxygen atoms in total. The van der Waals surface area contributed by atoms with Crippen LogP contribution >= 0.6 is 0 Å². The summed E-state index contributed by atoms with van der Waals surface area (Å²) in [6, 6.07) is 0. The van der Waals surface area contributed by atoms with E-state index in [1.807, 2.05) is 0 Å². The van der Waals surface area contributed by atoms with Crippen LogP contribution in [-0.4, -0.2) is 37.2 Å². The number of unbranched alkanes of at least 4 members (excludes halogenated alkanes) is 26. The molecule has 0 heterocycles. The smallest absolute Gasteiger partial charge is 0.306 e. The Bertz CT molecular complexity index is 1230. The summed E-state index contributed by atoms with van der Waals surface area (Å²) in [4.78, 5) is 37.9. The fourth-order valence-electron chi connectivity index (χ4n) is 7.62. The largest absolute Gasteiger partial charge is 0.462 e. The average molecular weight is 907 g/mol. The Kier molecular flexibility index (Phi) is 50.9. The van der Waals surface area contributed by atoms with Crippen LogP contribution in [0.25, 0.3) is 0 Å². The number of allylic oxidation sites excluding steroid dienone is 12. The Balaban J connectivity index is 4.26. The molecule has 6 heteroatoms. The van der Waals surface area contributed by atoms with E-state index in [0.717, 1.165) is 103 Å². The van der Waals surface area contributed by atoms with Gasteiger partial charge in [0.15, 0.2) is 6.10 Å². The summed E-state index contributed by atoms with van der Waals surface area (Å²) in [6.45, 7) is 6.50. The fourth-order valence-corrected chi connectivity index (χ4v) is 7.62. The zero-order chi connectivity index (χ0) is 47.2. The van der Waals surface area contributed by atoms with Gasteiger partial charge in [-0.2, -0.15) is 0 Å². The quantitative estimate of drug-likeness (QED) is 0.0262. The molecule has 0 spiro atoms. The van der Waals surface area contributed by atoms with Gasteiger partial charge in [-0.1, -0.05) is 248 Å². The zero-order valence-corrected chi connectivity index (χ0v) is 42.7. The Morgan fingerprint density at radius 1 is 0.323 bits per heavy atom. The third kappa shape index (κ3) is 51.7. The number of rotatable bonds is 49. The van der Waals surface area contributed by atoms with Gasteiger partial charge in [-0.05, 0) is 70.6 Å². The van der Waals surface area contributed by atoms with Crippen molar-refractivity contribution < 1.29 is 28.6 Å². The molecule has 0 N–H and O–H groups in total. The van der Waals surface area contributed by atoms with E-state index < -0.39 is 6.10 Å². The molecule has 0 radical (unpaired) electrons. The van der Waals surface area contributed by atoms with Gasteiger partial charge in [0.25, 0.3) is 0 Å². The predicted octanol–water partition coefficient (Wildman–Crippen LogP) is 18.2. The lowest BCUT2D eigenvalue weighted by molar-refractivity contribution is -0.167. The average Bonchev–Trinajstić information content (AvgIpc) is 3.30. The second kappa shape index (κ2) is 53.5. The minimum absolute atomic E-state index is 0.0769. The van der Waals surface area contributed by atoms with E-state index >= 15 is 0 Å². The molecule has 374 valence electrons. The van der Waals surface area contributed by atoms with Crippen molar-refractivity contribution in [2.45, 2.75) is 271 Å². The van der Waals surface area contributed by atoms with Gasteiger partial charge in [-0.25, -0.2) is 0 Å². The summed E-state index contributed by atoms with van der Waals surface area (Å²) in [6.07, 6.45) is 67.5. The SMILES string of the molecule is CC/C=C\C/C=C\C/C=C\C/C=C\C/C=C\C/C=C\CCCCCCCCC(=O)OCC(COC(=O)CCCCCCCCCCC)OC(=O)CCCCCCCCCCCCCCC. The van der Waals surface area contributed by atoms with E-state index in [9.17, 15) is 14.4 Å². The van der Waals surface area contributed by atoms with Gasteiger partial charge < -0.3 is 14.2 Å². The molecule has 1 unspecified atom stereocenters. The maximum atomic E-state index is 12.8. The molecular weight excluding hydrogens is 805 g/mol. The number of esters is 3. The van der Waals surface area contributed by atoms with Crippen LogP contribution in [0.5, 0.6) is 0 Å². The molecule has 0 bridgehead atoms. The first-order chi connectivity index (χ1) is 32.0. The minimum atomic E-state index is -0.776. The number of hydrogen-bond acceptors (Lipinski definition) is 6. The van der Waals surface area contributed by atoms with E-state index in [2.05, 4.69) is 93.7 Å². The van der Waals surface area contributed by atoms with Crippen LogP contribution in [0.1, 0.15) is 265 Å². The van der Waals surface area contributed by atoms with Crippen molar-refractivity contribution in [2.24, 2.45) is 0 Å². The first-order valence-corrected chi connectivity index (χ1v) is 27.4. The van der Waals surface area contributed by atoms with Crippen LogP contribution in [0.4, 0.5) is 0 Å². The molecule has 0 rings (SSSR count). The van der Waals surface area contributed by atoms with Crippen molar-refractivity contribution in [1.29, 1.82) is 0 Å². The number of carbonyl (C=O) groups excluding carboxylic acids is 3. The Morgan fingerprint density at radius 3 is 0.938 bits per heavy atom. The topological polar surface area (TPSA) is 78.9 Å². The molecule has 0 fully saturated rings. The molecule has 1 atom stereocenters. The first-order valence-electron chi connectivity index (χ1n) is 27.4. The van der Waals surface area contributed by atoms with Crippen molar-refractivity contribution in [3.63, 3.8) is 0 Å². The van der Waals surface area contributed by atoms with Crippen molar-refractivity contribution in [2.75, 3.05) is 13.2 Å². The van der Waals surface area contributed by atoms with Crippen molar-refractivity contribution in [1.82, 2.24) is 0 Å². The normalized spacial score (nSPS) is 12.6.